The fourth-order valence-corrected chi connectivity index (χ4v) is 4.40. The molecule has 0 radical (unpaired) electrons. The van der Waals surface area contributed by atoms with E-state index in [0.29, 0.717) is 30.4 Å². The van der Waals surface area contributed by atoms with E-state index in [1.165, 1.54) is 0 Å². The van der Waals surface area contributed by atoms with E-state index in [9.17, 15) is 4.79 Å². The molecule has 1 fully saturated rings. The lowest BCUT2D eigenvalue weighted by atomic mass is 9.93. The van der Waals surface area contributed by atoms with Gasteiger partial charge in [0.2, 0.25) is 5.88 Å². The van der Waals surface area contributed by atoms with E-state index in [0.717, 1.165) is 35.3 Å². The minimum atomic E-state index is -0.247. The predicted octanol–water partition coefficient (Wildman–Crippen LogP) is 1.08. The monoisotopic (exact) mass is 435 g/mol. The van der Waals surface area contributed by atoms with Gasteiger partial charge in [0, 0.05) is 43.0 Å². The molecule has 1 aromatic carbocycles. The Bertz CT molecular complexity index is 1140. The van der Waals surface area contributed by atoms with Gasteiger partial charge in [0.15, 0.2) is 5.82 Å². The summed E-state index contributed by atoms with van der Waals surface area (Å²) >= 11 is 0. The first-order valence-electron chi connectivity index (χ1n) is 10.4. The number of piperazine rings is 1. The van der Waals surface area contributed by atoms with Crippen molar-refractivity contribution >= 4 is 5.97 Å². The van der Waals surface area contributed by atoms with Gasteiger partial charge in [-0.05, 0) is 24.1 Å². The van der Waals surface area contributed by atoms with Crippen LogP contribution in [0.4, 0.5) is 0 Å². The first kappa shape index (κ1) is 20.6. The summed E-state index contributed by atoms with van der Waals surface area (Å²) in [6, 6.07) is 3.93. The van der Waals surface area contributed by atoms with Gasteiger partial charge >= 0.3 is 5.97 Å². The van der Waals surface area contributed by atoms with Gasteiger partial charge in [-0.1, -0.05) is 6.07 Å². The standard InChI is InChI=1S/C22H25N7O3/c1-13-15(3-4-16-17(13)12-32-22(16)30)18-10-28(11-19(23)27-18)8-14-5-26-29(9-14)20-6-25-21(31-2)7-24-20/h3-7,9,18-19,27H,8,10-12,23H2,1-2H3/t18-,19+/m0/s1. The third-order valence-corrected chi connectivity index (χ3v) is 5.99. The Morgan fingerprint density at radius 2 is 2.12 bits per heavy atom. The third-order valence-electron chi connectivity index (χ3n) is 5.99. The van der Waals surface area contributed by atoms with Crippen molar-refractivity contribution in [2.24, 2.45) is 5.73 Å². The van der Waals surface area contributed by atoms with Crippen LogP contribution in [0, 0.1) is 6.92 Å². The highest BCUT2D eigenvalue weighted by molar-refractivity contribution is 5.94. The Balaban J connectivity index is 1.31. The van der Waals surface area contributed by atoms with Crippen LogP contribution in [-0.2, 0) is 17.9 Å². The molecule has 166 valence electrons. The number of nitrogens with zero attached hydrogens (tertiary/aromatic N) is 5. The van der Waals surface area contributed by atoms with Crippen molar-refractivity contribution in [1.29, 1.82) is 0 Å². The number of fused-ring (bicyclic) bond motifs is 1. The van der Waals surface area contributed by atoms with E-state index in [4.69, 9.17) is 15.2 Å². The molecule has 0 amide bonds. The van der Waals surface area contributed by atoms with Crippen molar-refractivity contribution in [3.8, 4) is 11.7 Å². The minimum absolute atomic E-state index is 0.0576. The predicted molar refractivity (Wildman–Crippen MR) is 115 cm³/mol. The zero-order valence-corrected chi connectivity index (χ0v) is 18.0. The Morgan fingerprint density at radius 3 is 2.91 bits per heavy atom. The van der Waals surface area contributed by atoms with Crippen molar-refractivity contribution in [3.05, 3.63) is 64.7 Å². The lowest BCUT2D eigenvalue weighted by Gasteiger charge is -2.38. The summed E-state index contributed by atoms with van der Waals surface area (Å²) in [7, 11) is 1.55. The number of hydrogen-bond donors (Lipinski definition) is 2. The van der Waals surface area contributed by atoms with Crippen molar-refractivity contribution in [2.75, 3.05) is 20.2 Å². The van der Waals surface area contributed by atoms with Crippen LogP contribution in [0.3, 0.4) is 0 Å². The number of carbonyl (C=O) groups excluding carboxylic acids is 1. The normalized spacial score (nSPS) is 20.8. The summed E-state index contributed by atoms with van der Waals surface area (Å²) in [5, 5.41) is 7.91. The lowest BCUT2D eigenvalue weighted by molar-refractivity contribution is 0.0535. The van der Waals surface area contributed by atoms with Gasteiger partial charge in [0.1, 0.15) is 6.61 Å². The van der Waals surface area contributed by atoms with Crippen LogP contribution in [-0.4, -0.2) is 57.0 Å². The number of aromatic nitrogens is 4. The summed E-state index contributed by atoms with van der Waals surface area (Å²) in [5.41, 5.74) is 11.3. The number of methoxy groups -OCH3 is 1. The van der Waals surface area contributed by atoms with Gasteiger partial charge < -0.3 is 15.2 Å². The second-order valence-corrected chi connectivity index (χ2v) is 8.11. The van der Waals surface area contributed by atoms with Crippen molar-refractivity contribution in [1.82, 2.24) is 30.0 Å². The summed E-state index contributed by atoms with van der Waals surface area (Å²) < 4.78 is 12.0. The molecule has 32 heavy (non-hydrogen) atoms. The van der Waals surface area contributed by atoms with E-state index in [1.54, 1.807) is 24.2 Å². The number of rotatable bonds is 5. The molecule has 3 aromatic rings. The molecule has 4 heterocycles. The van der Waals surface area contributed by atoms with Crippen LogP contribution in [0.1, 0.15) is 38.7 Å². The van der Waals surface area contributed by atoms with Gasteiger partial charge in [-0.15, -0.1) is 0 Å². The van der Waals surface area contributed by atoms with Crippen molar-refractivity contribution in [3.63, 3.8) is 0 Å². The van der Waals surface area contributed by atoms with Gasteiger partial charge in [-0.2, -0.15) is 5.10 Å². The molecule has 10 nitrogen and oxygen atoms in total. The lowest BCUT2D eigenvalue weighted by Crippen LogP contribution is -2.56. The second kappa shape index (κ2) is 8.30. The van der Waals surface area contributed by atoms with Crippen LogP contribution in [0.2, 0.25) is 0 Å². The van der Waals surface area contributed by atoms with Crippen molar-refractivity contribution in [2.45, 2.75) is 32.3 Å². The molecule has 2 atom stereocenters. The molecule has 2 aliphatic rings. The number of ether oxygens (including phenoxy) is 2. The number of cyclic esters (lactones) is 1. The van der Waals surface area contributed by atoms with Crippen LogP contribution >= 0.6 is 0 Å². The summed E-state index contributed by atoms with van der Waals surface area (Å²) in [4.78, 5) is 22.7. The van der Waals surface area contributed by atoms with Gasteiger partial charge in [0.05, 0.1) is 37.4 Å². The quantitative estimate of drug-likeness (QED) is 0.567. The summed E-state index contributed by atoms with van der Waals surface area (Å²) in [5.74, 6) is 0.834. The SMILES string of the molecule is COc1cnc(-n2cc(CN3C[C@@H](c4ccc5c(c4C)COC5=O)N[C@@H](N)C3)cn2)cn1. The smallest absolute Gasteiger partial charge is 0.338 e. The molecule has 0 aliphatic carbocycles. The molecule has 0 unspecified atom stereocenters. The van der Waals surface area contributed by atoms with E-state index >= 15 is 0 Å². The number of nitrogens with two attached hydrogens (primary N) is 1. The Kier molecular flexibility index (Phi) is 5.33. The average molecular weight is 435 g/mol. The number of benzene rings is 1. The molecule has 0 saturated carbocycles. The van der Waals surface area contributed by atoms with Crippen LogP contribution in [0.5, 0.6) is 5.88 Å². The fourth-order valence-electron chi connectivity index (χ4n) is 4.40. The molecule has 2 aliphatic heterocycles. The summed E-state index contributed by atoms with van der Waals surface area (Å²) in [6.07, 6.45) is 6.80. The van der Waals surface area contributed by atoms with Gasteiger partial charge in [0.25, 0.3) is 0 Å². The Labute approximate surface area is 185 Å². The summed E-state index contributed by atoms with van der Waals surface area (Å²) in [6.45, 7) is 4.60. The van der Waals surface area contributed by atoms with E-state index in [1.807, 2.05) is 31.5 Å². The molecular weight excluding hydrogens is 410 g/mol. The van der Waals surface area contributed by atoms with Crippen LogP contribution in [0.15, 0.2) is 36.9 Å². The highest BCUT2D eigenvalue weighted by Gasteiger charge is 2.30. The second-order valence-electron chi connectivity index (χ2n) is 8.11. The largest absolute Gasteiger partial charge is 0.480 e. The number of esters is 1. The first-order valence-corrected chi connectivity index (χ1v) is 10.4. The maximum atomic E-state index is 11.9. The van der Waals surface area contributed by atoms with Crippen molar-refractivity contribution < 1.29 is 14.3 Å². The third kappa shape index (κ3) is 3.83. The Morgan fingerprint density at radius 1 is 1.25 bits per heavy atom. The molecule has 2 aromatic heterocycles. The van der Waals surface area contributed by atoms with Crippen LogP contribution in [0.25, 0.3) is 5.82 Å². The Hall–Kier alpha value is -3.34. The zero-order valence-electron chi connectivity index (χ0n) is 18.0. The molecule has 0 spiro atoms. The maximum absolute atomic E-state index is 11.9. The highest BCUT2D eigenvalue weighted by Crippen LogP contribution is 2.30. The average Bonchev–Trinajstić information content (AvgIpc) is 3.41. The van der Waals surface area contributed by atoms with E-state index in [2.05, 4.69) is 25.3 Å². The molecule has 10 heteroatoms. The maximum Gasteiger partial charge on any atom is 0.338 e. The van der Waals surface area contributed by atoms with E-state index < -0.39 is 0 Å². The fraction of sp³-hybridized carbons (Fsp3) is 0.364. The molecular formula is C22H25N7O3. The number of hydrogen-bond acceptors (Lipinski definition) is 9. The topological polar surface area (TPSA) is 120 Å². The van der Waals surface area contributed by atoms with Gasteiger partial charge in [-0.3, -0.25) is 10.2 Å². The molecule has 3 N–H and O–H groups in total. The molecule has 5 rings (SSSR count). The number of carbonyl (C=O) groups is 1. The number of nitrogens with one attached hydrogen (secondary N) is 1. The minimum Gasteiger partial charge on any atom is -0.480 e. The van der Waals surface area contributed by atoms with E-state index in [-0.39, 0.29) is 18.2 Å². The van der Waals surface area contributed by atoms with Gasteiger partial charge in [-0.25, -0.2) is 19.4 Å². The first-order chi connectivity index (χ1) is 15.5. The highest BCUT2D eigenvalue weighted by atomic mass is 16.5. The molecule has 0 bridgehead atoms. The molecule has 1 saturated heterocycles. The zero-order chi connectivity index (χ0) is 22.2. The van der Waals surface area contributed by atoms with Crippen LogP contribution < -0.4 is 15.8 Å².